The predicted octanol–water partition coefficient (Wildman–Crippen LogP) is 5.28. The molecule has 1 heterocycles. The van der Waals surface area contributed by atoms with Gasteiger partial charge in [-0.2, -0.15) is 0 Å². The van der Waals surface area contributed by atoms with E-state index < -0.39 is 17.6 Å². The number of likely N-dealkylation sites (N-methyl/N-ethyl adjacent to an activating group) is 1. The highest BCUT2D eigenvalue weighted by atomic mass is 35.5. The van der Waals surface area contributed by atoms with Crippen LogP contribution in [0.3, 0.4) is 0 Å². The smallest absolute Gasteiger partial charge is 0.278 e. The van der Waals surface area contributed by atoms with Gasteiger partial charge in [-0.25, -0.2) is 4.39 Å². The molecule has 0 radical (unpaired) electrons. The molecule has 4 rings (SSSR count). The van der Waals surface area contributed by atoms with Gasteiger partial charge < -0.3 is 4.90 Å². The van der Waals surface area contributed by atoms with E-state index in [1.165, 1.54) is 6.07 Å². The maximum atomic E-state index is 14.3. The van der Waals surface area contributed by atoms with Gasteiger partial charge in [0, 0.05) is 23.7 Å². The monoisotopic (exact) mass is 448 g/mol. The lowest BCUT2D eigenvalue weighted by Crippen LogP contribution is -2.35. The summed E-state index contributed by atoms with van der Waals surface area (Å²) in [7, 11) is 0. The van der Waals surface area contributed by atoms with Gasteiger partial charge in [0.15, 0.2) is 0 Å². The molecule has 0 bridgehead atoms. The first-order chi connectivity index (χ1) is 15.5. The number of halogens is 2. The second-order valence-corrected chi connectivity index (χ2v) is 7.95. The molecule has 0 spiro atoms. The van der Waals surface area contributed by atoms with Crippen molar-refractivity contribution in [2.45, 2.75) is 20.0 Å². The number of rotatable bonds is 7. The SMILES string of the molecule is CCN(Cc1ccccc1)C1=C(c2ccc(Cl)cc2)C(=O)N(Cc2ccccc2F)C1=O. The van der Waals surface area contributed by atoms with Gasteiger partial charge in [-0.3, -0.25) is 14.5 Å². The van der Waals surface area contributed by atoms with Gasteiger partial charge in [0.25, 0.3) is 11.8 Å². The minimum absolute atomic E-state index is 0.131. The normalized spacial score (nSPS) is 13.8. The van der Waals surface area contributed by atoms with E-state index in [1.54, 1.807) is 42.5 Å². The molecule has 0 aliphatic carbocycles. The highest BCUT2D eigenvalue weighted by molar-refractivity contribution is 6.35. The third-order valence-electron chi connectivity index (χ3n) is 5.48. The summed E-state index contributed by atoms with van der Waals surface area (Å²) in [5.74, 6) is -1.32. The summed E-state index contributed by atoms with van der Waals surface area (Å²) in [4.78, 5) is 30.0. The van der Waals surface area contributed by atoms with Crippen LogP contribution in [0.25, 0.3) is 5.57 Å². The lowest BCUT2D eigenvalue weighted by atomic mass is 10.0. The Labute approximate surface area is 191 Å². The van der Waals surface area contributed by atoms with Crippen molar-refractivity contribution in [2.75, 3.05) is 6.54 Å². The molecule has 2 amide bonds. The summed E-state index contributed by atoms with van der Waals surface area (Å²) >= 11 is 6.04. The fraction of sp³-hybridized carbons (Fsp3) is 0.154. The van der Waals surface area contributed by atoms with Gasteiger partial charge >= 0.3 is 0 Å². The highest BCUT2D eigenvalue weighted by Crippen LogP contribution is 2.34. The van der Waals surface area contributed by atoms with Crippen LogP contribution in [0.4, 0.5) is 4.39 Å². The summed E-state index contributed by atoms with van der Waals surface area (Å²) in [5, 5.41) is 0.535. The zero-order chi connectivity index (χ0) is 22.7. The van der Waals surface area contributed by atoms with E-state index in [0.717, 1.165) is 10.5 Å². The van der Waals surface area contributed by atoms with Crippen LogP contribution in [0.2, 0.25) is 5.02 Å². The summed E-state index contributed by atoms with van der Waals surface area (Å²) in [6.45, 7) is 2.80. The number of carbonyl (C=O) groups is 2. The molecular weight excluding hydrogens is 427 g/mol. The van der Waals surface area contributed by atoms with Crippen LogP contribution in [-0.2, 0) is 22.7 Å². The second-order valence-electron chi connectivity index (χ2n) is 7.52. The number of carbonyl (C=O) groups excluding carboxylic acids is 2. The molecule has 0 saturated carbocycles. The van der Waals surface area contributed by atoms with Crippen LogP contribution in [0.15, 0.2) is 84.6 Å². The maximum Gasteiger partial charge on any atom is 0.278 e. The molecule has 32 heavy (non-hydrogen) atoms. The van der Waals surface area contributed by atoms with Crippen molar-refractivity contribution in [3.05, 3.63) is 112 Å². The van der Waals surface area contributed by atoms with E-state index in [9.17, 15) is 14.0 Å². The van der Waals surface area contributed by atoms with Crippen LogP contribution in [-0.4, -0.2) is 28.2 Å². The van der Waals surface area contributed by atoms with Crippen molar-refractivity contribution in [1.82, 2.24) is 9.80 Å². The first-order valence-electron chi connectivity index (χ1n) is 10.4. The number of imide groups is 1. The molecule has 4 nitrogen and oxygen atoms in total. The van der Waals surface area contributed by atoms with Crippen LogP contribution in [0.5, 0.6) is 0 Å². The molecule has 0 unspecified atom stereocenters. The quantitative estimate of drug-likeness (QED) is 0.461. The van der Waals surface area contributed by atoms with Gasteiger partial charge in [0.2, 0.25) is 0 Å². The van der Waals surface area contributed by atoms with Gasteiger partial charge in [-0.05, 0) is 36.2 Å². The first kappa shape index (κ1) is 21.8. The number of amides is 2. The maximum absolute atomic E-state index is 14.3. The van der Waals surface area contributed by atoms with E-state index in [-0.39, 0.29) is 12.1 Å². The molecule has 0 aromatic heterocycles. The molecule has 1 aliphatic heterocycles. The van der Waals surface area contributed by atoms with Crippen LogP contribution < -0.4 is 0 Å². The summed E-state index contributed by atoms with van der Waals surface area (Å²) < 4.78 is 14.3. The lowest BCUT2D eigenvalue weighted by molar-refractivity contribution is -0.138. The van der Waals surface area contributed by atoms with Crippen molar-refractivity contribution in [2.24, 2.45) is 0 Å². The van der Waals surface area contributed by atoms with Crippen molar-refractivity contribution in [3.8, 4) is 0 Å². The highest BCUT2D eigenvalue weighted by Gasteiger charge is 2.41. The molecule has 162 valence electrons. The van der Waals surface area contributed by atoms with E-state index in [1.807, 2.05) is 42.2 Å². The summed E-state index contributed by atoms with van der Waals surface area (Å²) in [6, 6.07) is 22.7. The van der Waals surface area contributed by atoms with Crippen molar-refractivity contribution in [1.29, 1.82) is 0 Å². The molecule has 1 aliphatic rings. The van der Waals surface area contributed by atoms with E-state index in [0.29, 0.717) is 34.9 Å². The Morgan fingerprint density at radius 1 is 0.875 bits per heavy atom. The number of benzene rings is 3. The topological polar surface area (TPSA) is 40.6 Å². The number of nitrogens with zero attached hydrogens (tertiary/aromatic N) is 2. The Morgan fingerprint density at radius 2 is 1.53 bits per heavy atom. The molecular formula is C26H22ClFN2O2. The molecule has 0 fully saturated rings. The van der Waals surface area contributed by atoms with Gasteiger partial charge in [-0.15, -0.1) is 0 Å². The van der Waals surface area contributed by atoms with Gasteiger partial charge in [0.1, 0.15) is 11.5 Å². The van der Waals surface area contributed by atoms with Crippen LogP contribution in [0, 0.1) is 5.82 Å². The third kappa shape index (κ3) is 4.30. The molecule has 0 saturated heterocycles. The van der Waals surface area contributed by atoms with E-state index in [4.69, 9.17) is 11.6 Å². The molecule has 0 N–H and O–H groups in total. The Bertz CT molecular complexity index is 1180. The largest absolute Gasteiger partial charge is 0.362 e. The molecule has 0 atom stereocenters. The van der Waals surface area contributed by atoms with Crippen molar-refractivity contribution in [3.63, 3.8) is 0 Å². The van der Waals surface area contributed by atoms with Gasteiger partial charge in [-0.1, -0.05) is 72.3 Å². The number of hydrogen-bond donors (Lipinski definition) is 0. The third-order valence-corrected chi connectivity index (χ3v) is 5.73. The van der Waals surface area contributed by atoms with Crippen LogP contribution in [0.1, 0.15) is 23.6 Å². The fourth-order valence-corrected chi connectivity index (χ4v) is 3.95. The average Bonchev–Trinajstić information content (AvgIpc) is 3.05. The Morgan fingerprint density at radius 3 is 2.19 bits per heavy atom. The zero-order valence-corrected chi connectivity index (χ0v) is 18.3. The predicted molar refractivity (Wildman–Crippen MR) is 123 cm³/mol. The summed E-state index contributed by atoms with van der Waals surface area (Å²) in [5.41, 5.74) is 2.54. The Kier molecular flexibility index (Phi) is 6.37. The van der Waals surface area contributed by atoms with E-state index in [2.05, 4.69) is 0 Å². The van der Waals surface area contributed by atoms with Crippen molar-refractivity contribution >= 4 is 29.0 Å². The van der Waals surface area contributed by atoms with Crippen molar-refractivity contribution < 1.29 is 14.0 Å². The molecule has 3 aromatic carbocycles. The number of hydrogen-bond acceptors (Lipinski definition) is 3. The minimum Gasteiger partial charge on any atom is -0.362 e. The first-order valence-corrected chi connectivity index (χ1v) is 10.8. The molecule has 3 aromatic rings. The summed E-state index contributed by atoms with van der Waals surface area (Å²) in [6.07, 6.45) is 0. The van der Waals surface area contributed by atoms with Crippen LogP contribution >= 0.6 is 11.6 Å². The van der Waals surface area contributed by atoms with E-state index >= 15 is 0 Å². The standard InChI is InChI=1S/C26H22ClFN2O2/c1-2-29(16-18-8-4-3-5-9-18)24-23(19-12-14-21(27)15-13-19)25(31)30(26(24)32)17-20-10-6-7-11-22(20)28/h3-15H,2,16-17H2,1H3. The molecule has 6 heteroatoms. The fourth-order valence-electron chi connectivity index (χ4n) is 3.83. The Balaban J connectivity index is 1.77. The van der Waals surface area contributed by atoms with Gasteiger partial charge in [0.05, 0.1) is 12.1 Å². The lowest BCUT2D eigenvalue weighted by Gasteiger charge is -2.25. The second kappa shape index (κ2) is 9.37. The zero-order valence-electron chi connectivity index (χ0n) is 17.6. The average molecular weight is 449 g/mol. The minimum atomic E-state index is -0.453. The Hall–Kier alpha value is -3.44.